The van der Waals surface area contributed by atoms with E-state index in [9.17, 15) is 0 Å². The molecule has 1 nitrogen and oxygen atoms in total. The first-order chi connectivity index (χ1) is 8.58. The summed E-state index contributed by atoms with van der Waals surface area (Å²) in [6, 6.07) is 6.70. The molecule has 1 saturated carbocycles. The minimum atomic E-state index is 0.604. The lowest BCUT2D eigenvalue weighted by Gasteiger charge is -2.35. The molecule has 1 fully saturated rings. The van der Waals surface area contributed by atoms with Crippen LogP contribution in [0.25, 0.3) is 0 Å². The van der Waals surface area contributed by atoms with Crippen LogP contribution in [-0.2, 0) is 0 Å². The monoisotopic (exact) mass is 329 g/mol. The standard InChI is InChI=1S/C15H21BrClN/c1-10(2)12-5-3-4-6-15(12)18-11-7-8-14(17)13(16)9-11/h7-10,12,15,18H,3-6H2,1-2H3. The van der Waals surface area contributed by atoms with Crippen molar-refractivity contribution in [3.8, 4) is 0 Å². The molecule has 2 rings (SSSR count). The van der Waals surface area contributed by atoms with Crippen LogP contribution in [-0.4, -0.2) is 6.04 Å². The van der Waals surface area contributed by atoms with Crippen molar-refractivity contribution in [1.82, 2.24) is 0 Å². The van der Waals surface area contributed by atoms with Gasteiger partial charge in [-0.3, -0.25) is 0 Å². The average Bonchev–Trinajstić information content (AvgIpc) is 2.34. The molecule has 1 aromatic rings. The van der Waals surface area contributed by atoms with Crippen LogP contribution < -0.4 is 5.32 Å². The van der Waals surface area contributed by atoms with E-state index in [0.717, 1.165) is 21.3 Å². The van der Waals surface area contributed by atoms with Gasteiger partial charge in [0, 0.05) is 16.2 Å². The molecule has 0 radical (unpaired) electrons. The highest BCUT2D eigenvalue weighted by atomic mass is 79.9. The first kappa shape index (κ1) is 14.2. The largest absolute Gasteiger partial charge is 0.382 e. The van der Waals surface area contributed by atoms with Crippen LogP contribution >= 0.6 is 27.5 Å². The second-order valence-corrected chi connectivity index (χ2v) is 6.83. The molecule has 2 atom stereocenters. The zero-order valence-electron chi connectivity index (χ0n) is 11.0. The van der Waals surface area contributed by atoms with Crippen LogP contribution in [0.4, 0.5) is 5.69 Å². The second-order valence-electron chi connectivity index (χ2n) is 5.57. The highest BCUT2D eigenvalue weighted by molar-refractivity contribution is 9.10. The molecule has 0 aliphatic heterocycles. The van der Waals surface area contributed by atoms with Crippen molar-refractivity contribution in [2.24, 2.45) is 11.8 Å². The fourth-order valence-corrected chi connectivity index (χ4v) is 3.43. The van der Waals surface area contributed by atoms with Crippen LogP contribution in [0.3, 0.4) is 0 Å². The highest BCUT2D eigenvalue weighted by Gasteiger charge is 2.27. The summed E-state index contributed by atoms with van der Waals surface area (Å²) in [4.78, 5) is 0. The van der Waals surface area contributed by atoms with E-state index < -0.39 is 0 Å². The van der Waals surface area contributed by atoms with E-state index >= 15 is 0 Å². The van der Waals surface area contributed by atoms with Crippen LogP contribution in [0, 0.1) is 11.8 Å². The van der Waals surface area contributed by atoms with Gasteiger partial charge in [-0.15, -0.1) is 0 Å². The summed E-state index contributed by atoms with van der Waals surface area (Å²) in [6.45, 7) is 4.67. The van der Waals surface area contributed by atoms with E-state index in [2.05, 4.69) is 47.2 Å². The zero-order chi connectivity index (χ0) is 13.1. The van der Waals surface area contributed by atoms with Gasteiger partial charge in [0.05, 0.1) is 5.02 Å². The predicted octanol–water partition coefficient (Wildman–Crippen LogP) is 5.73. The van der Waals surface area contributed by atoms with Gasteiger partial charge in [0.2, 0.25) is 0 Å². The molecule has 0 bridgehead atoms. The lowest BCUT2D eigenvalue weighted by molar-refractivity contribution is 0.254. The quantitative estimate of drug-likeness (QED) is 0.746. The summed E-state index contributed by atoms with van der Waals surface area (Å²) >= 11 is 9.51. The molecule has 0 heterocycles. The van der Waals surface area contributed by atoms with Gasteiger partial charge in [0.15, 0.2) is 0 Å². The fraction of sp³-hybridized carbons (Fsp3) is 0.600. The summed E-state index contributed by atoms with van der Waals surface area (Å²) in [5.41, 5.74) is 1.17. The zero-order valence-corrected chi connectivity index (χ0v) is 13.4. The smallest absolute Gasteiger partial charge is 0.0549 e. The van der Waals surface area contributed by atoms with E-state index in [4.69, 9.17) is 11.6 Å². The Balaban J connectivity index is 2.08. The maximum Gasteiger partial charge on any atom is 0.0549 e. The summed E-state index contributed by atoms with van der Waals surface area (Å²) in [5, 5.41) is 4.46. The Morgan fingerprint density at radius 3 is 2.67 bits per heavy atom. The van der Waals surface area contributed by atoms with Crippen molar-refractivity contribution >= 4 is 33.2 Å². The first-order valence-electron chi connectivity index (χ1n) is 6.79. The van der Waals surface area contributed by atoms with Gasteiger partial charge in [-0.1, -0.05) is 38.3 Å². The molecular formula is C15H21BrClN. The lowest BCUT2D eigenvalue weighted by atomic mass is 9.78. The lowest BCUT2D eigenvalue weighted by Crippen LogP contribution is -2.35. The molecule has 18 heavy (non-hydrogen) atoms. The Kier molecular flexibility index (Phi) is 4.97. The average molecular weight is 331 g/mol. The summed E-state index contributed by atoms with van der Waals surface area (Å²) in [7, 11) is 0. The van der Waals surface area contributed by atoms with Crippen LogP contribution in [0.2, 0.25) is 5.02 Å². The predicted molar refractivity (Wildman–Crippen MR) is 83.4 cm³/mol. The molecule has 3 heteroatoms. The molecule has 1 aromatic carbocycles. The van der Waals surface area contributed by atoms with Gasteiger partial charge < -0.3 is 5.32 Å². The Bertz CT molecular complexity index is 405. The number of rotatable bonds is 3. The third-order valence-corrected chi connectivity index (χ3v) is 5.16. The topological polar surface area (TPSA) is 12.0 Å². The van der Waals surface area contributed by atoms with Gasteiger partial charge in [0.25, 0.3) is 0 Å². The fourth-order valence-electron chi connectivity index (χ4n) is 2.94. The molecule has 1 aliphatic carbocycles. The molecule has 1 aliphatic rings. The maximum absolute atomic E-state index is 6.03. The van der Waals surface area contributed by atoms with E-state index in [1.807, 2.05) is 6.07 Å². The number of hydrogen-bond acceptors (Lipinski definition) is 1. The SMILES string of the molecule is CC(C)C1CCCCC1Nc1ccc(Cl)c(Br)c1. The third kappa shape index (κ3) is 3.42. The molecular weight excluding hydrogens is 310 g/mol. The Labute approximate surface area is 123 Å². The van der Waals surface area contributed by atoms with Gasteiger partial charge in [-0.25, -0.2) is 0 Å². The second kappa shape index (κ2) is 6.29. The van der Waals surface area contributed by atoms with Crippen molar-refractivity contribution in [1.29, 1.82) is 0 Å². The molecule has 0 saturated heterocycles. The van der Waals surface area contributed by atoms with Crippen molar-refractivity contribution in [3.05, 3.63) is 27.7 Å². The Hall–Kier alpha value is -0.210. The van der Waals surface area contributed by atoms with Gasteiger partial charge in [0.1, 0.15) is 0 Å². The van der Waals surface area contributed by atoms with Gasteiger partial charge in [-0.05, 0) is 58.8 Å². The first-order valence-corrected chi connectivity index (χ1v) is 7.96. The summed E-state index contributed by atoms with van der Waals surface area (Å²) in [6.07, 6.45) is 5.36. The maximum atomic E-state index is 6.03. The Morgan fingerprint density at radius 2 is 2.00 bits per heavy atom. The molecule has 0 spiro atoms. The summed E-state index contributed by atoms with van der Waals surface area (Å²) < 4.78 is 0.964. The third-order valence-electron chi connectivity index (χ3n) is 3.95. The van der Waals surface area contributed by atoms with Crippen molar-refractivity contribution in [3.63, 3.8) is 0 Å². The number of hydrogen-bond donors (Lipinski definition) is 1. The van der Waals surface area contributed by atoms with E-state index in [-0.39, 0.29) is 0 Å². The highest BCUT2D eigenvalue weighted by Crippen LogP contribution is 2.33. The molecule has 0 aromatic heterocycles. The van der Waals surface area contributed by atoms with Gasteiger partial charge in [-0.2, -0.15) is 0 Å². The van der Waals surface area contributed by atoms with E-state index in [1.165, 1.54) is 31.4 Å². The van der Waals surface area contributed by atoms with Crippen molar-refractivity contribution in [2.75, 3.05) is 5.32 Å². The minimum absolute atomic E-state index is 0.604. The number of halogens is 2. The van der Waals surface area contributed by atoms with E-state index in [1.54, 1.807) is 0 Å². The van der Waals surface area contributed by atoms with Crippen LogP contribution in [0.15, 0.2) is 22.7 Å². The van der Waals surface area contributed by atoms with Gasteiger partial charge >= 0.3 is 0 Å². The Morgan fingerprint density at radius 1 is 1.28 bits per heavy atom. The van der Waals surface area contributed by atoms with Crippen LogP contribution in [0.5, 0.6) is 0 Å². The van der Waals surface area contributed by atoms with E-state index in [0.29, 0.717) is 6.04 Å². The number of benzene rings is 1. The molecule has 0 amide bonds. The normalized spacial score (nSPS) is 24.3. The molecule has 1 N–H and O–H groups in total. The molecule has 100 valence electrons. The molecule has 2 unspecified atom stereocenters. The van der Waals surface area contributed by atoms with Crippen molar-refractivity contribution < 1.29 is 0 Å². The van der Waals surface area contributed by atoms with Crippen molar-refractivity contribution in [2.45, 2.75) is 45.6 Å². The number of anilines is 1. The summed E-state index contributed by atoms with van der Waals surface area (Å²) in [5.74, 6) is 1.53. The minimum Gasteiger partial charge on any atom is -0.382 e. The number of nitrogens with one attached hydrogen (secondary N) is 1. The van der Waals surface area contributed by atoms with Crippen LogP contribution in [0.1, 0.15) is 39.5 Å².